The lowest BCUT2D eigenvalue weighted by Crippen LogP contribution is -2.41. The van der Waals surface area contributed by atoms with Gasteiger partial charge in [0.15, 0.2) is 0 Å². The molecule has 0 saturated carbocycles. The van der Waals surface area contributed by atoms with Crippen molar-refractivity contribution in [3.05, 3.63) is 17.0 Å². The van der Waals surface area contributed by atoms with Gasteiger partial charge < -0.3 is 5.73 Å². The maximum atomic E-state index is 12.5. The van der Waals surface area contributed by atoms with Crippen LogP contribution in [0.2, 0.25) is 0 Å². The number of piperidine rings is 1. The molecule has 0 amide bonds. The first-order valence-corrected chi connectivity index (χ1v) is 8.62. The predicted molar refractivity (Wildman–Crippen MR) is 74.3 cm³/mol. The molecule has 2 rings (SSSR count). The first-order valence-electron chi connectivity index (χ1n) is 6.36. The van der Waals surface area contributed by atoms with Gasteiger partial charge in [0.1, 0.15) is 4.21 Å². The summed E-state index contributed by atoms with van der Waals surface area (Å²) < 4.78 is 27.1. The number of nitrogens with zero attached hydrogens (tertiary/aromatic N) is 1. The Kier molecular flexibility index (Phi) is 4.42. The van der Waals surface area contributed by atoms with E-state index in [1.807, 2.05) is 13.0 Å². The van der Waals surface area contributed by atoms with Gasteiger partial charge in [-0.25, -0.2) is 8.42 Å². The molecular weight excluding hydrogens is 268 g/mol. The van der Waals surface area contributed by atoms with E-state index in [0.29, 0.717) is 17.3 Å². The van der Waals surface area contributed by atoms with Crippen molar-refractivity contribution in [2.24, 2.45) is 5.73 Å². The number of thiophene rings is 1. The third-order valence-corrected chi connectivity index (χ3v) is 6.96. The zero-order valence-corrected chi connectivity index (χ0v) is 12.3. The molecular formula is C12H20N2O2S2. The second kappa shape index (κ2) is 5.69. The Labute approximate surface area is 113 Å². The summed E-state index contributed by atoms with van der Waals surface area (Å²) in [5.41, 5.74) is 5.49. The predicted octanol–water partition coefficient (Wildman–Crippen LogP) is 1.81. The monoisotopic (exact) mass is 288 g/mol. The van der Waals surface area contributed by atoms with Crippen LogP contribution in [0.5, 0.6) is 0 Å². The fourth-order valence-corrected chi connectivity index (χ4v) is 5.52. The summed E-state index contributed by atoms with van der Waals surface area (Å²) in [6.45, 7) is 3.19. The van der Waals surface area contributed by atoms with Crippen molar-refractivity contribution in [2.45, 2.75) is 42.9 Å². The van der Waals surface area contributed by atoms with Crippen molar-refractivity contribution in [3.63, 3.8) is 0 Å². The van der Waals surface area contributed by atoms with Crippen LogP contribution in [0, 0.1) is 0 Å². The molecule has 1 fully saturated rings. The second-order valence-corrected chi connectivity index (χ2v) is 8.01. The van der Waals surface area contributed by atoms with E-state index in [4.69, 9.17) is 5.73 Å². The van der Waals surface area contributed by atoms with Gasteiger partial charge in [0.05, 0.1) is 0 Å². The van der Waals surface area contributed by atoms with Gasteiger partial charge in [-0.2, -0.15) is 4.31 Å². The standard InChI is InChI=1S/C12H20N2O2S2/c1-10-4-2-3-9-14(10)18(15,16)12-6-5-11(17-12)7-8-13/h5-6,10H,2-4,7-9,13H2,1H3. The van der Waals surface area contributed by atoms with Crippen LogP contribution in [-0.2, 0) is 16.4 Å². The molecule has 6 heteroatoms. The van der Waals surface area contributed by atoms with E-state index in [2.05, 4.69) is 0 Å². The van der Waals surface area contributed by atoms with E-state index < -0.39 is 10.0 Å². The number of rotatable bonds is 4. The van der Waals surface area contributed by atoms with Crippen molar-refractivity contribution < 1.29 is 8.42 Å². The highest BCUT2D eigenvalue weighted by Crippen LogP contribution is 2.29. The van der Waals surface area contributed by atoms with E-state index in [-0.39, 0.29) is 6.04 Å². The molecule has 0 bridgehead atoms. The minimum atomic E-state index is -3.30. The Hall–Kier alpha value is -0.430. The average Bonchev–Trinajstić information content (AvgIpc) is 2.79. The molecule has 1 aromatic heterocycles. The lowest BCUT2D eigenvalue weighted by atomic mass is 10.1. The maximum Gasteiger partial charge on any atom is 0.252 e. The zero-order valence-electron chi connectivity index (χ0n) is 10.6. The number of hydrogen-bond donors (Lipinski definition) is 1. The summed E-state index contributed by atoms with van der Waals surface area (Å²) in [5, 5.41) is 0. The lowest BCUT2D eigenvalue weighted by molar-refractivity contribution is 0.269. The number of nitrogens with two attached hydrogens (primary N) is 1. The van der Waals surface area contributed by atoms with E-state index in [0.717, 1.165) is 30.6 Å². The second-order valence-electron chi connectivity index (χ2n) is 4.72. The molecule has 0 aromatic carbocycles. The van der Waals surface area contributed by atoms with Gasteiger partial charge in [0.2, 0.25) is 0 Å². The van der Waals surface area contributed by atoms with Crippen LogP contribution >= 0.6 is 11.3 Å². The highest BCUT2D eigenvalue weighted by Gasteiger charge is 2.31. The smallest absolute Gasteiger partial charge is 0.252 e. The highest BCUT2D eigenvalue weighted by molar-refractivity contribution is 7.91. The van der Waals surface area contributed by atoms with E-state index in [1.165, 1.54) is 11.3 Å². The molecule has 1 aliphatic heterocycles. The molecule has 1 saturated heterocycles. The van der Waals surface area contributed by atoms with Crippen molar-refractivity contribution in [1.29, 1.82) is 0 Å². The molecule has 4 nitrogen and oxygen atoms in total. The van der Waals surface area contributed by atoms with Crippen molar-refractivity contribution in [3.8, 4) is 0 Å². The summed E-state index contributed by atoms with van der Waals surface area (Å²) in [5.74, 6) is 0. The van der Waals surface area contributed by atoms with Crippen molar-refractivity contribution in [2.75, 3.05) is 13.1 Å². The Morgan fingerprint density at radius 1 is 1.44 bits per heavy atom. The Bertz CT molecular complexity index is 496. The fraction of sp³-hybridized carbons (Fsp3) is 0.667. The highest BCUT2D eigenvalue weighted by atomic mass is 32.2. The molecule has 0 spiro atoms. The third-order valence-electron chi connectivity index (χ3n) is 3.33. The van der Waals surface area contributed by atoms with E-state index in [1.54, 1.807) is 10.4 Å². The van der Waals surface area contributed by atoms with Crippen molar-refractivity contribution in [1.82, 2.24) is 4.31 Å². The minimum Gasteiger partial charge on any atom is -0.330 e. The van der Waals surface area contributed by atoms with Gasteiger partial charge in [-0.05, 0) is 44.9 Å². The summed E-state index contributed by atoms with van der Waals surface area (Å²) in [6.07, 6.45) is 3.79. The number of sulfonamides is 1. The molecule has 1 unspecified atom stereocenters. The molecule has 18 heavy (non-hydrogen) atoms. The van der Waals surface area contributed by atoms with Gasteiger partial charge >= 0.3 is 0 Å². The largest absolute Gasteiger partial charge is 0.330 e. The molecule has 1 atom stereocenters. The molecule has 0 radical (unpaired) electrons. The summed E-state index contributed by atoms with van der Waals surface area (Å²) in [6, 6.07) is 3.70. The van der Waals surface area contributed by atoms with Crippen molar-refractivity contribution >= 4 is 21.4 Å². The number of hydrogen-bond acceptors (Lipinski definition) is 4. The first-order chi connectivity index (χ1) is 8.55. The van der Waals surface area contributed by atoms with Gasteiger partial charge in [-0.3, -0.25) is 0 Å². The molecule has 1 aromatic rings. The van der Waals surface area contributed by atoms with Crippen LogP contribution in [0.15, 0.2) is 16.3 Å². The molecule has 1 aliphatic rings. The molecule has 102 valence electrons. The van der Waals surface area contributed by atoms with Crippen LogP contribution < -0.4 is 5.73 Å². The van der Waals surface area contributed by atoms with E-state index >= 15 is 0 Å². The van der Waals surface area contributed by atoms with Gasteiger partial charge in [0.25, 0.3) is 10.0 Å². The Balaban J connectivity index is 2.23. The average molecular weight is 288 g/mol. The van der Waals surface area contributed by atoms with E-state index in [9.17, 15) is 8.42 Å². The SMILES string of the molecule is CC1CCCCN1S(=O)(=O)c1ccc(CCN)s1. The Morgan fingerprint density at radius 2 is 2.22 bits per heavy atom. The quantitative estimate of drug-likeness (QED) is 0.919. The van der Waals surface area contributed by atoms with Gasteiger partial charge in [-0.15, -0.1) is 11.3 Å². The normalized spacial score (nSPS) is 22.2. The summed E-state index contributed by atoms with van der Waals surface area (Å²) >= 11 is 1.35. The lowest BCUT2D eigenvalue weighted by Gasteiger charge is -2.31. The minimum absolute atomic E-state index is 0.115. The summed E-state index contributed by atoms with van der Waals surface area (Å²) in [4.78, 5) is 1.04. The summed E-state index contributed by atoms with van der Waals surface area (Å²) in [7, 11) is -3.30. The zero-order chi connectivity index (χ0) is 13.2. The van der Waals surface area contributed by atoms with Crippen LogP contribution in [-0.4, -0.2) is 31.9 Å². The van der Waals surface area contributed by atoms with Crippen LogP contribution in [0.25, 0.3) is 0 Å². The first kappa shape index (κ1) is 14.0. The topological polar surface area (TPSA) is 63.4 Å². The molecule has 0 aliphatic carbocycles. The van der Waals surface area contributed by atoms with Crippen LogP contribution in [0.4, 0.5) is 0 Å². The maximum absolute atomic E-state index is 12.5. The Morgan fingerprint density at radius 3 is 2.89 bits per heavy atom. The van der Waals surface area contributed by atoms with Crippen LogP contribution in [0.3, 0.4) is 0 Å². The van der Waals surface area contributed by atoms with Gasteiger partial charge in [-0.1, -0.05) is 6.42 Å². The van der Waals surface area contributed by atoms with Gasteiger partial charge in [0, 0.05) is 17.5 Å². The molecule has 2 heterocycles. The third kappa shape index (κ3) is 2.77. The fourth-order valence-electron chi connectivity index (χ4n) is 2.32. The van der Waals surface area contributed by atoms with Crippen LogP contribution in [0.1, 0.15) is 31.1 Å². The molecule has 2 N–H and O–H groups in total.